The number of nitrogens with zero attached hydrogens (tertiary/aromatic N) is 5. The monoisotopic (exact) mass is 465 g/mol. The lowest BCUT2D eigenvalue weighted by Gasteiger charge is -2.13. The van der Waals surface area contributed by atoms with E-state index in [2.05, 4.69) is 10.2 Å². The molecule has 0 spiro atoms. The minimum Gasteiger partial charge on any atom is -0.496 e. The number of fused-ring (bicyclic) bond motifs is 3. The Kier molecular flexibility index (Phi) is 5.91. The largest absolute Gasteiger partial charge is 0.496 e. The first kappa shape index (κ1) is 21.3. The fourth-order valence-electron chi connectivity index (χ4n) is 4.02. The van der Waals surface area contributed by atoms with Gasteiger partial charge >= 0.3 is 6.09 Å². The lowest BCUT2D eigenvalue weighted by Crippen LogP contribution is -2.25. The quantitative estimate of drug-likeness (QED) is 0.292. The number of methoxy groups -OCH3 is 1. The van der Waals surface area contributed by atoms with E-state index < -0.39 is 0 Å². The highest BCUT2D eigenvalue weighted by molar-refractivity contribution is 7.99. The molecule has 1 amide bonds. The second-order valence-corrected chi connectivity index (χ2v) is 8.70. The number of hydrogen-bond acceptors (Lipinski definition) is 7. The molecule has 2 aromatic carbocycles. The van der Waals surface area contributed by atoms with E-state index in [4.69, 9.17) is 9.47 Å². The Labute approximate surface area is 193 Å². The number of benzene rings is 2. The molecule has 2 aromatic heterocycles. The zero-order valence-corrected chi connectivity index (χ0v) is 19.0. The number of aromatic nitrogens is 4. The van der Waals surface area contributed by atoms with Gasteiger partial charge in [0.15, 0.2) is 5.16 Å². The molecule has 0 bridgehead atoms. The van der Waals surface area contributed by atoms with Crippen LogP contribution in [0.5, 0.6) is 5.75 Å². The van der Waals surface area contributed by atoms with E-state index in [9.17, 15) is 9.59 Å². The smallest absolute Gasteiger partial charge is 0.409 e. The molecule has 1 saturated heterocycles. The Hall–Kier alpha value is -3.53. The molecule has 5 rings (SSSR count). The van der Waals surface area contributed by atoms with Crippen LogP contribution in [0.2, 0.25) is 0 Å². The number of thioether (sulfide) groups is 1. The van der Waals surface area contributed by atoms with E-state index in [1.165, 1.54) is 0 Å². The Morgan fingerprint density at radius 1 is 1.09 bits per heavy atom. The summed E-state index contributed by atoms with van der Waals surface area (Å²) in [7, 11) is 1.62. The molecule has 9 nitrogen and oxygen atoms in total. The van der Waals surface area contributed by atoms with Crippen LogP contribution >= 0.6 is 11.8 Å². The third kappa shape index (κ3) is 4.02. The summed E-state index contributed by atoms with van der Waals surface area (Å²) in [6.45, 7) is 2.05. The van der Waals surface area contributed by atoms with Crippen LogP contribution in [0.4, 0.5) is 4.79 Å². The van der Waals surface area contributed by atoms with Crippen LogP contribution in [0.3, 0.4) is 0 Å². The molecule has 10 heteroatoms. The molecule has 0 radical (unpaired) electrons. The van der Waals surface area contributed by atoms with E-state index in [-0.39, 0.29) is 11.7 Å². The molecular formula is C23H23N5O4S. The summed E-state index contributed by atoms with van der Waals surface area (Å²) in [6.07, 6.45) is 0.548. The molecule has 4 aromatic rings. The van der Waals surface area contributed by atoms with Crippen molar-refractivity contribution in [2.45, 2.75) is 18.1 Å². The van der Waals surface area contributed by atoms with Gasteiger partial charge in [-0.2, -0.15) is 0 Å². The first-order valence-corrected chi connectivity index (χ1v) is 11.7. The molecule has 0 unspecified atom stereocenters. The molecule has 0 aliphatic carbocycles. The molecule has 0 N–H and O–H groups in total. The molecule has 170 valence electrons. The van der Waals surface area contributed by atoms with Crippen molar-refractivity contribution >= 4 is 34.5 Å². The van der Waals surface area contributed by atoms with Gasteiger partial charge in [0.25, 0.3) is 5.56 Å². The maximum absolute atomic E-state index is 13.4. The maximum atomic E-state index is 13.4. The highest BCUT2D eigenvalue weighted by Crippen LogP contribution is 2.24. The van der Waals surface area contributed by atoms with Crippen molar-refractivity contribution in [1.29, 1.82) is 0 Å². The summed E-state index contributed by atoms with van der Waals surface area (Å²) in [5.74, 6) is 1.95. The van der Waals surface area contributed by atoms with Gasteiger partial charge in [0.2, 0.25) is 5.78 Å². The van der Waals surface area contributed by atoms with Gasteiger partial charge in [0, 0.05) is 17.9 Å². The first-order valence-electron chi connectivity index (χ1n) is 10.7. The van der Waals surface area contributed by atoms with E-state index in [1.807, 2.05) is 52.9 Å². The normalized spacial score (nSPS) is 13.7. The van der Waals surface area contributed by atoms with Gasteiger partial charge in [-0.05, 0) is 24.6 Å². The van der Waals surface area contributed by atoms with Crippen LogP contribution in [-0.2, 0) is 11.3 Å². The minimum atomic E-state index is -0.251. The van der Waals surface area contributed by atoms with Gasteiger partial charge in [-0.1, -0.05) is 42.1 Å². The number of carbonyl (C=O) groups is 1. The van der Waals surface area contributed by atoms with Crippen LogP contribution in [-0.4, -0.2) is 62.7 Å². The average Bonchev–Trinajstić information content (AvgIpc) is 3.46. The van der Waals surface area contributed by atoms with Crippen LogP contribution in [0.15, 0.2) is 58.5 Å². The number of carbonyl (C=O) groups excluding carboxylic acids is 1. The fraction of sp³-hybridized carbons (Fsp3) is 0.304. The number of para-hydroxylation sites is 2. The lowest BCUT2D eigenvalue weighted by atomic mass is 10.2. The zero-order chi connectivity index (χ0) is 22.8. The second-order valence-electron chi connectivity index (χ2n) is 7.64. The van der Waals surface area contributed by atoms with Gasteiger partial charge in [-0.3, -0.25) is 13.8 Å². The number of cyclic esters (lactones) is 1. The van der Waals surface area contributed by atoms with Crippen molar-refractivity contribution in [3.63, 3.8) is 0 Å². The van der Waals surface area contributed by atoms with Crippen molar-refractivity contribution < 1.29 is 14.3 Å². The molecule has 1 fully saturated rings. The van der Waals surface area contributed by atoms with Gasteiger partial charge in [-0.15, -0.1) is 10.2 Å². The second kappa shape index (κ2) is 9.14. The topological polar surface area (TPSA) is 91.0 Å². The summed E-state index contributed by atoms with van der Waals surface area (Å²) >= 11 is 1.56. The molecule has 33 heavy (non-hydrogen) atoms. The Morgan fingerprint density at radius 2 is 1.91 bits per heavy atom. The Balaban J connectivity index is 1.49. The summed E-state index contributed by atoms with van der Waals surface area (Å²) in [5, 5.41) is 10.1. The Morgan fingerprint density at radius 3 is 2.73 bits per heavy atom. The molecule has 1 aliphatic heterocycles. The van der Waals surface area contributed by atoms with Gasteiger partial charge in [0.1, 0.15) is 12.4 Å². The van der Waals surface area contributed by atoms with Crippen LogP contribution in [0.1, 0.15) is 12.0 Å². The third-order valence-corrected chi connectivity index (χ3v) is 6.66. The maximum Gasteiger partial charge on any atom is 0.409 e. The van der Waals surface area contributed by atoms with Crippen LogP contribution in [0.25, 0.3) is 16.7 Å². The minimum absolute atomic E-state index is 0.125. The summed E-state index contributed by atoms with van der Waals surface area (Å²) in [5.41, 5.74) is 1.53. The fourth-order valence-corrected chi connectivity index (χ4v) is 4.88. The molecule has 0 saturated carbocycles. The highest BCUT2D eigenvalue weighted by atomic mass is 32.2. The third-order valence-electron chi connectivity index (χ3n) is 5.65. The van der Waals surface area contributed by atoms with Crippen molar-refractivity contribution in [3.8, 4) is 5.75 Å². The highest BCUT2D eigenvalue weighted by Gasteiger charge is 2.21. The van der Waals surface area contributed by atoms with Crippen LogP contribution in [0, 0.1) is 0 Å². The van der Waals surface area contributed by atoms with E-state index >= 15 is 0 Å². The first-order chi connectivity index (χ1) is 16.2. The molecule has 0 atom stereocenters. The van der Waals surface area contributed by atoms with E-state index in [0.29, 0.717) is 48.3 Å². The zero-order valence-electron chi connectivity index (χ0n) is 18.1. The number of ether oxygens (including phenoxy) is 2. The van der Waals surface area contributed by atoms with Gasteiger partial charge < -0.3 is 14.4 Å². The average molecular weight is 466 g/mol. The van der Waals surface area contributed by atoms with Gasteiger partial charge in [0.05, 0.1) is 31.1 Å². The predicted molar refractivity (Wildman–Crippen MR) is 125 cm³/mol. The molecular weight excluding hydrogens is 442 g/mol. The predicted octanol–water partition coefficient (Wildman–Crippen LogP) is 3.04. The van der Waals surface area contributed by atoms with Gasteiger partial charge in [-0.25, -0.2) is 4.79 Å². The van der Waals surface area contributed by atoms with Crippen molar-refractivity contribution in [1.82, 2.24) is 24.1 Å². The summed E-state index contributed by atoms with van der Waals surface area (Å²) in [6, 6.07) is 15.1. The number of hydrogen-bond donors (Lipinski definition) is 0. The van der Waals surface area contributed by atoms with Crippen molar-refractivity contribution in [2.24, 2.45) is 0 Å². The Bertz CT molecular complexity index is 1380. The molecule has 1 aliphatic rings. The van der Waals surface area contributed by atoms with Crippen LogP contribution < -0.4 is 10.3 Å². The van der Waals surface area contributed by atoms with E-state index in [1.54, 1.807) is 28.3 Å². The van der Waals surface area contributed by atoms with E-state index in [0.717, 1.165) is 23.3 Å². The SMILES string of the molecule is COc1ccccc1Cn1c(=O)c2ccccc2n2c(SCCCN3CCOC3=O)nnc12. The summed E-state index contributed by atoms with van der Waals surface area (Å²) < 4.78 is 14.0. The summed E-state index contributed by atoms with van der Waals surface area (Å²) in [4.78, 5) is 26.7. The number of rotatable bonds is 8. The molecule has 3 heterocycles. The van der Waals surface area contributed by atoms with Crippen molar-refractivity contribution in [3.05, 3.63) is 64.4 Å². The standard InChI is InChI=1S/C23H23N5O4S/c1-31-19-10-5-2-7-16(19)15-27-20(29)17-8-3-4-9-18(17)28-21(27)24-25-22(28)33-14-6-11-26-12-13-32-23(26)30/h2-5,7-10H,6,11-15H2,1H3. The van der Waals surface area contributed by atoms with Crippen molar-refractivity contribution in [2.75, 3.05) is 32.6 Å². The number of amides is 1. The lowest BCUT2D eigenvalue weighted by molar-refractivity contribution is 0.158.